The smallest absolute Gasteiger partial charge is 0.189 e. The van der Waals surface area contributed by atoms with Gasteiger partial charge >= 0.3 is 0 Å². The molecule has 1 heterocycles. The number of nitrogens with one attached hydrogen (secondary N) is 1. The fraction of sp³-hybridized carbons (Fsp3) is 0.900. The van der Waals surface area contributed by atoms with E-state index in [2.05, 4.69) is 43.0 Å². The second-order valence-electron chi connectivity index (χ2n) is 5.09. The van der Waals surface area contributed by atoms with Gasteiger partial charge in [-0.3, -0.25) is 0 Å². The van der Waals surface area contributed by atoms with E-state index in [1.807, 2.05) is 0 Å². The van der Waals surface area contributed by atoms with Crippen LogP contribution in [0.2, 0.25) is 0 Å². The predicted octanol–water partition coefficient (Wildman–Crippen LogP) is 0.393. The lowest BCUT2D eigenvalue weighted by Crippen LogP contribution is -2.45. The number of likely N-dealkylation sites (tertiary alicyclic amines) is 1. The highest BCUT2D eigenvalue weighted by Gasteiger charge is 2.19. The summed E-state index contributed by atoms with van der Waals surface area (Å²) in [7, 11) is 2.11. The molecule has 0 aromatic carbocycles. The topological polar surface area (TPSA) is 53.6 Å². The Morgan fingerprint density at radius 1 is 1.50 bits per heavy atom. The standard InChI is InChI=1S/C10H22N4/c1-10(2,3)13-9(11)12-8-5-6-14(4)7-8/h8H,5-7H2,1-4H3,(H3,11,12,13). The number of hydrogen-bond donors (Lipinski definition) is 2. The maximum Gasteiger partial charge on any atom is 0.189 e. The number of rotatable bonds is 1. The average Bonchev–Trinajstić information content (AvgIpc) is 2.30. The van der Waals surface area contributed by atoms with Crippen LogP contribution in [0.4, 0.5) is 0 Å². The van der Waals surface area contributed by atoms with Crippen molar-refractivity contribution in [3.63, 3.8) is 0 Å². The molecular weight excluding hydrogens is 176 g/mol. The minimum atomic E-state index is -0.00190. The maximum atomic E-state index is 5.81. The summed E-state index contributed by atoms with van der Waals surface area (Å²) in [5.74, 6) is 0.567. The van der Waals surface area contributed by atoms with Crippen LogP contribution in [0.1, 0.15) is 27.2 Å². The zero-order valence-electron chi connectivity index (χ0n) is 9.67. The Balaban J connectivity index is 2.44. The summed E-state index contributed by atoms with van der Waals surface area (Å²) < 4.78 is 0. The van der Waals surface area contributed by atoms with Gasteiger partial charge in [-0.25, -0.2) is 4.99 Å². The Hall–Kier alpha value is -0.770. The summed E-state index contributed by atoms with van der Waals surface area (Å²) in [6.45, 7) is 8.38. The molecule has 0 radical (unpaired) electrons. The van der Waals surface area contributed by atoms with Gasteiger partial charge in [0.05, 0.1) is 6.04 Å². The van der Waals surface area contributed by atoms with Crippen molar-refractivity contribution in [2.45, 2.75) is 38.8 Å². The number of likely N-dealkylation sites (N-methyl/N-ethyl adjacent to an activating group) is 1. The number of guanidine groups is 1. The van der Waals surface area contributed by atoms with E-state index in [0.717, 1.165) is 19.5 Å². The number of nitrogens with zero attached hydrogens (tertiary/aromatic N) is 2. The van der Waals surface area contributed by atoms with Crippen LogP contribution in [0.3, 0.4) is 0 Å². The van der Waals surface area contributed by atoms with Crippen LogP contribution in [0, 0.1) is 0 Å². The molecule has 1 aliphatic heterocycles. The van der Waals surface area contributed by atoms with Gasteiger partial charge in [0.25, 0.3) is 0 Å². The molecule has 1 saturated heterocycles. The summed E-state index contributed by atoms with van der Waals surface area (Å²) in [6.07, 6.45) is 1.11. The first-order chi connectivity index (χ1) is 6.37. The molecule has 1 atom stereocenters. The second-order valence-corrected chi connectivity index (χ2v) is 5.09. The van der Waals surface area contributed by atoms with Crippen molar-refractivity contribution in [3.8, 4) is 0 Å². The number of hydrogen-bond acceptors (Lipinski definition) is 2. The normalized spacial score (nSPS) is 25.4. The molecule has 1 rings (SSSR count). The Bertz CT molecular complexity index is 217. The average molecular weight is 198 g/mol. The Labute approximate surface area is 86.6 Å². The molecule has 3 N–H and O–H groups in total. The maximum absolute atomic E-state index is 5.81. The molecule has 0 saturated carbocycles. The summed E-state index contributed by atoms with van der Waals surface area (Å²) in [5.41, 5.74) is 5.80. The Morgan fingerprint density at radius 2 is 2.14 bits per heavy atom. The van der Waals surface area contributed by atoms with Gasteiger partial charge in [0, 0.05) is 12.1 Å². The fourth-order valence-corrected chi connectivity index (χ4v) is 1.63. The van der Waals surface area contributed by atoms with Gasteiger partial charge in [0.1, 0.15) is 0 Å². The summed E-state index contributed by atoms with van der Waals surface area (Å²) >= 11 is 0. The molecule has 0 aliphatic carbocycles. The number of nitrogens with two attached hydrogens (primary N) is 1. The minimum absolute atomic E-state index is 0.00190. The molecule has 0 spiro atoms. The van der Waals surface area contributed by atoms with E-state index in [9.17, 15) is 0 Å². The van der Waals surface area contributed by atoms with Crippen molar-refractivity contribution in [3.05, 3.63) is 0 Å². The van der Waals surface area contributed by atoms with Crippen molar-refractivity contribution < 1.29 is 0 Å². The lowest BCUT2D eigenvalue weighted by Gasteiger charge is -2.21. The van der Waals surface area contributed by atoms with E-state index < -0.39 is 0 Å². The van der Waals surface area contributed by atoms with Gasteiger partial charge in [-0.05, 0) is 40.8 Å². The molecule has 82 valence electrons. The van der Waals surface area contributed by atoms with E-state index in [1.54, 1.807) is 0 Å². The van der Waals surface area contributed by atoms with Crippen LogP contribution < -0.4 is 11.1 Å². The van der Waals surface area contributed by atoms with Crippen molar-refractivity contribution >= 4 is 5.96 Å². The molecule has 4 heteroatoms. The lowest BCUT2D eigenvalue weighted by atomic mass is 10.1. The highest BCUT2D eigenvalue weighted by molar-refractivity contribution is 5.78. The molecule has 0 bridgehead atoms. The van der Waals surface area contributed by atoms with Crippen LogP contribution in [0.15, 0.2) is 4.99 Å². The largest absolute Gasteiger partial charge is 0.370 e. The van der Waals surface area contributed by atoms with Crippen LogP contribution in [0.5, 0.6) is 0 Å². The van der Waals surface area contributed by atoms with E-state index >= 15 is 0 Å². The second kappa shape index (κ2) is 4.17. The zero-order valence-corrected chi connectivity index (χ0v) is 9.67. The van der Waals surface area contributed by atoms with Crippen LogP contribution >= 0.6 is 0 Å². The van der Waals surface area contributed by atoms with Gasteiger partial charge in [-0.15, -0.1) is 0 Å². The summed E-state index contributed by atoms with van der Waals surface area (Å²) in [4.78, 5) is 6.73. The quantitative estimate of drug-likeness (QED) is 0.473. The van der Waals surface area contributed by atoms with Gasteiger partial charge in [0.15, 0.2) is 5.96 Å². The third-order valence-corrected chi connectivity index (χ3v) is 2.19. The number of aliphatic imine (C=N–C) groups is 1. The Kier molecular flexibility index (Phi) is 3.37. The summed E-state index contributed by atoms with van der Waals surface area (Å²) in [5, 5.41) is 3.17. The van der Waals surface area contributed by atoms with E-state index in [-0.39, 0.29) is 5.54 Å². The monoisotopic (exact) mass is 198 g/mol. The highest BCUT2D eigenvalue weighted by Crippen LogP contribution is 2.09. The van der Waals surface area contributed by atoms with Crippen LogP contribution in [-0.2, 0) is 0 Å². The lowest BCUT2D eigenvalue weighted by molar-refractivity contribution is 0.411. The molecule has 1 fully saturated rings. The Morgan fingerprint density at radius 3 is 2.57 bits per heavy atom. The SMILES string of the molecule is CN1CCC(N=C(N)NC(C)(C)C)C1. The van der Waals surface area contributed by atoms with E-state index in [4.69, 9.17) is 5.73 Å². The fourth-order valence-electron chi connectivity index (χ4n) is 1.63. The van der Waals surface area contributed by atoms with Crippen molar-refractivity contribution in [2.24, 2.45) is 10.7 Å². The highest BCUT2D eigenvalue weighted by atomic mass is 15.2. The molecule has 4 nitrogen and oxygen atoms in total. The van der Waals surface area contributed by atoms with Crippen LogP contribution in [0.25, 0.3) is 0 Å². The molecule has 1 aliphatic rings. The van der Waals surface area contributed by atoms with Gasteiger partial charge in [-0.2, -0.15) is 0 Å². The zero-order chi connectivity index (χ0) is 10.8. The predicted molar refractivity (Wildman–Crippen MR) is 60.4 cm³/mol. The third-order valence-electron chi connectivity index (χ3n) is 2.19. The molecular formula is C10H22N4. The first-order valence-corrected chi connectivity index (χ1v) is 5.17. The van der Waals surface area contributed by atoms with Gasteiger partial charge < -0.3 is 16.0 Å². The molecule has 14 heavy (non-hydrogen) atoms. The molecule has 1 unspecified atom stereocenters. The van der Waals surface area contributed by atoms with E-state index in [1.165, 1.54) is 0 Å². The van der Waals surface area contributed by atoms with Crippen LogP contribution in [-0.4, -0.2) is 42.6 Å². The molecule has 0 aromatic heterocycles. The first kappa shape index (κ1) is 11.3. The van der Waals surface area contributed by atoms with Gasteiger partial charge in [0.2, 0.25) is 0 Å². The van der Waals surface area contributed by atoms with Gasteiger partial charge in [-0.1, -0.05) is 0 Å². The molecule has 0 aromatic rings. The van der Waals surface area contributed by atoms with Crippen molar-refractivity contribution in [1.82, 2.24) is 10.2 Å². The van der Waals surface area contributed by atoms with Crippen molar-refractivity contribution in [2.75, 3.05) is 20.1 Å². The summed E-state index contributed by atoms with van der Waals surface area (Å²) in [6, 6.07) is 0.370. The first-order valence-electron chi connectivity index (χ1n) is 5.17. The molecule has 0 amide bonds. The third kappa shape index (κ3) is 3.96. The van der Waals surface area contributed by atoms with E-state index in [0.29, 0.717) is 12.0 Å². The van der Waals surface area contributed by atoms with Crippen molar-refractivity contribution in [1.29, 1.82) is 0 Å². The minimum Gasteiger partial charge on any atom is -0.370 e.